The van der Waals surface area contributed by atoms with Gasteiger partial charge >= 0.3 is 0 Å². The third kappa shape index (κ3) is 7.81. The fraction of sp³-hybridized carbons (Fsp3) is 0.0769. The summed E-state index contributed by atoms with van der Waals surface area (Å²) in [6.45, 7) is 7.77. The molecule has 12 aromatic rings. The van der Waals surface area contributed by atoms with Gasteiger partial charge in [-0.05, 0) is 111 Å². The van der Waals surface area contributed by atoms with Crippen molar-refractivity contribution in [3.05, 3.63) is 248 Å². The lowest BCUT2D eigenvalue weighted by Gasteiger charge is -2.20. The number of ether oxygens (including phenoxy) is 1. The Morgan fingerprint density at radius 3 is 1.83 bits per heavy atom. The van der Waals surface area contributed by atoms with Crippen molar-refractivity contribution in [3.8, 4) is 73.2 Å². The van der Waals surface area contributed by atoms with Crippen molar-refractivity contribution in [2.75, 3.05) is 0 Å². The summed E-state index contributed by atoms with van der Waals surface area (Å²) in [5.74, 6) is 1.53. The van der Waals surface area contributed by atoms with Crippen molar-refractivity contribution in [2.24, 2.45) is 0 Å². The van der Waals surface area contributed by atoms with E-state index in [9.17, 15) is 15.1 Å². The first-order valence-corrected chi connectivity index (χ1v) is 22.3. The van der Waals surface area contributed by atoms with Gasteiger partial charge in [-0.1, -0.05) is 196 Å². The van der Waals surface area contributed by atoms with Crippen molar-refractivity contribution < 1.29 is 36.7 Å². The summed E-state index contributed by atoms with van der Waals surface area (Å²) in [5, 5.41) is 1.96. The van der Waals surface area contributed by atoms with Gasteiger partial charge in [0, 0.05) is 23.0 Å². The van der Waals surface area contributed by atoms with Crippen LogP contribution in [-0.2, 0) is 5.41 Å². The molecule has 70 heavy (non-hydrogen) atoms. The number of benzene rings is 9. The molecule has 0 spiro atoms. The average molecular weight is 923 g/mol. The minimum Gasteiger partial charge on any atom is -0.458 e. The predicted octanol–water partition coefficient (Wildman–Crippen LogP) is 16.3. The smallest absolute Gasteiger partial charge is 0.269 e. The van der Waals surface area contributed by atoms with Crippen molar-refractivity contribution in [1.82, 2.24) is 14.1 Å². The Morgan fingerprint density at radius 2 is 1.13 bits per heavy atom. The van der Waals surface area contributed by atoms with Crippen molar-refractivity contribution in [1.29, 1.82) is 0 Å². The second-order valence-corrected chi connectivity index (χ2v) is 17.5. The Bertz CT molecular complexity index is 4850. The largest absolute Gasteiger partial charge is 0.458 e. The molecule has 9 aromatic carbocycles. The van der Waals surface area contributed by atoms with E-state index in [-0.39, 0.29) is 16.5 Å². The highest BCUT2D eigenvalue weighted by Crippen LogP contribution is 2.39. The summed E-state index contributed by atoms with van der Waals surface area (Å²) >= 11 is 0. The zero-order chi connectivity index (χ0) is 64.8. The molecule has 0 bridgehead atoms. The van der Waals surface area contributed by atoms with E-state index in [2.05, 4.69) is 37.7 Å². The quantitative estimate of drug-likeness (QED) is 0.107. The van der Waals surface area contributed by atoms with E-state index in [0.717, 1.165) is 27.4 Å². The van der Waals surface area contributed by atoms with Crippen LogP contribution in [0, 0.1) is 13.3 Å². The van der Waals surface area contributed by atoms with Crippen LogP contribution < -0.4 is 9.30 Å². The van der Waals surface area contributed by atoms with E-state index in [4.69, 9.17) is 22.1 Å². The zero-order valence-corrected chi connectivity index (χ0v) is 38.1. The van der Waals surface area contributed by atoms with Crippen molar-refractivity contribution in [3.63, 3.8) is 0 Å². The third-order valence-corrected chi connectivity index (χ3v) is 11.9. The second-order valence-electron chi connectivity index (χ2n) is 17.5. The number of fused-ring (bicyclic) bond motifs is 4. The molecule has 0 aliphatic carbocycles. The molecular weight excluding hydrogens is 853 g/mol. The summed E-state index contributed by atoms with van der Waals surface area (Å²) in [4.78, 5) is 4.81. The van der Waals surface area contributed by atoms with E-state index >= 15 is 0 Å². The number of para-hydroxylation sites is 4. The van der Waals surface area contributed by atoms with Gasteiger partial charge in [-0.25, -0.2) is 4.98 Å². The molecule has 3 heterocycles. The Labute approximate surface area is 436 Å². The maximum atomic E-state index is 9.74. The minimum absolute atomic E-state index is 0.0358. The zero-order valence-electron chi connectivity index (χ0n) is 58.1. The second kappa shape index (κ2) is 17.4. The SMILES string of the molecule is [2H]c1c([2H])c([2H])c(-c2c([2H])c([2H])c(-c3c([2H])c([2H])c([2H])c(-c4c([2H])c([2H])c(-c5c([2H])c([2H])c(C)c([2H])c5[2H])c([2H])c4[2H])c3-[n+]3[c-]n(-c4cccc(Oc5ccc6c7ccccc7n(-c7cc(C(C)(C)C)ccn7)c6c5)c4)c4ccccc43)c([2H])c2[2H])c([2H])c1[2H]. The fourth-order valence-corrected chi connectivity index (χ4v) is 8.49. The van der Waals surface area contributed by atoms with Crippen LogP contribution in [0.5, 0.6) is 11.5 Å². The maximum Gasteiger partial charge on any atom is 0.269 e. The van der Waals surface area contributed by atoms with E-state index in [1.807, 2.05) is 48.5 Å². The Kier molecular flexibility index (Phi) is 6.48. The number of pyridine rings is 1. The van der Waals surface area contributed by atoms with Crippen molar-refractivity contribution in [2.45, 2.75) is 33.1 Å². The minimum atomic E-state index is -0.935. The highest BCUT2D eigenvalue weighted by atomic mass is 16.5. The first kappa shape index (κ1) is 26.1. The lowest BCUT2D eigenvalue weighted by atomic mass is 9.88. The Hall–Kier alpha value is -8.80. The van der Waals surface area contributed by atoms with Crippen LogP contribution in [0.1, 0.15) is 59.3 Å². The molecule has 0 atom stereocenters. The van der Waals surface area contributed by atoms with Crippen LogP contribution in [0.2, 0.25) is 0 Å². The standard InChI is InChI=1S/C65H50N4O/c1-44-24-26-46(27-25-44)48-30-34-50(35-31-48)56-20-13-19-55(49-32-28-47(29-33-49)45-14-6-5-7-15-45)64(56)68-43-67(60-22-10-11-23-61(60)68)52-16-12-17-53(41-52)70-54-36-37-58-57-18-8-9-21-59(57)69(62(58)42-54)63-40-51(38-39-66-63)65(2,3)4/h5-42H,1-4H3/i5D,6D,7D,13D,14D,15D,19D,20D,24D,25D,26D,27D,28D,29D,30D,31D,32D,33D,34D,35D. The lowest BCUT2D eigenvalue weighted by Crippen LogP contribution is -2.31. The normalized spacial score (nSPS) is 15.7. The molecule has 12 rings (SSSR count). The van der Waals surface area contributed by atoms with Crippen LogP contribution in [0.4, 0.5) is 0 Å². The molecule has 0 fully saturated rings. The topological polar surface area (TPSA) is 35.9 Å². The van der Waals surface area contributed by atoms with Gasteiger partial charge in [0.1, 0.15) is 17.3 Å². The molecule has 5 nitrogen and oxygen atoms in total. The lowest BCUT2D eigenvalue weighted by molar-refractivity contribution is -0.571. The molecule has 0 saturated carbocycles. The first-order valence-electron chi connectivity index (χ1n) is 32.3. The average Bonchev–Trinajstić information content (AvgIpc) is 1.06. The van der Waals surface area contributed by atoms with Gasteiger partial charge in [0.15, 0.2) is 0 Å². The molecule has 0 saturated heterocycles. The number of rotatable bonds is 9. The monoisotopic (exact) mass is 923 g/mol. The van der Waals surface area contributed by atoms with Crippen LogP contribution in [0.3, 0.4) is 0 Å². The van der Waals surface area contributed by atoms with Crippen LogP contribution in [0.15, 0.2) is 230 Å². The highest BCUT2D eigenvalue weighted by molar-refractivity contribution is 6.09. The summed E-state index contributed by atoms with van der Waals surface area (Å²) in [7, 11) is 0. The molecule has 5 heteroatoms. The molecule has 0 unspecified atom stereocenters. The van der Waals surface area contributed by atoms with E-state index in [1.165, 1.54) is 11.5 Å². The first-order chi connectivity index (χ1) is 42.6. The number of imidazole rings is 1. The van der Waals surface area contributed by atoms with Gasteiger partial charge in [-0.2, -0.15) is 0 Å². The van der Waals surface area contributed by atoms with Crippen molar-refractivity contribution >= 4 is 32.8 Å². The van der Waals surface area contributed by atoms with Gasteiger partial charge in [0.05, 0.1) is 60.9 Å². The highest BCUT2D eigenvalue weighted by Gasteiger charge is 2.22. The van der Waals surface area contributed by atoms with Gasteiger partial charge in [0.25, 0.3) is 6.33 Å². The predicted molar refractivity (Wildman–Crippen MR) is 287 cm³/mol. The molecule has 336 valence electrons. The summed E-state index contributed by atoms with van der Waals surface area (Å²) in [6.07, 6.45) is 5.07. The molecule has 0 amide bonds. The number of nitrogens with zero attached hydrogens (tertiary/aromatic N) is 4. The van der Waals surface area contributed by atoms with Crippen LogP contribution in [-0.4, -0.2) is 14.1 Å². The van der Waals surface area contributed by atoms with E-state index < -0.39 is 171 Å². The number of hydrogen-bond donors (Lipinski definition) is 0. The summed E-state index contributed by atoms with van der Waals surface area (Å²) < 4.78 is 194. The molecule has 3 aromatic heterocycles. The van der Waals surface area contributed by atoms with Gasteiger partial charge < -0.3 is 4.74 Å². The van der Waals surface area contributed by atoms with Gasteiger partial charge in [-0.15, -0.1) is 0 Å². The Morgan fingerprint density at radius 1 is 0.529 bits per heavy atom. The molecule has 0 radical (unpaired) electrons. The number of aromatic nitrogens is 4. The van der Waals surface area contributed by atoms with Crippen LogP contribution in [0.25, 0.3) is 94.5 Å². The van der Waals surface area contributed by atoms with Crippen LogP contribution >= 0.6 is 0 Å². The van der Waals surface area contributed by atoms with E-state index in [0.29, 0.717) is 28.5 Å². The molecule has 0 aliphatic rings. The summed E-state index contributed by atoms with van der Waals surface area (Å²) in [6, 6.07) is 15.1. The fourth-order valence-electron chi connectivity index (χ4n) is 8.49. The maximum absolute atomic E-state index is 9.74. The third-order valence-electron chi connectivity index (χ3n) is 11.9. The van der Waals surface area contributed by atoms with Gasteiger partial charge in [0.2, 0.25) is 0 Å². The molecule has 0 aliphatic heterocycles. The molecular formula is C65H50N4O. The number of hydrogen-bond acceptors (Lipinski definition) is 2. The van der Waals surface area contributed by atoms with Gasteiger partial charge in [-0.3, -0.25) is 13.7 Å². The molecule has 0 N–H and O–H groups in total. The van der Waals surface area contributed by atoms with E-state index in [1.54, 1.807) is 59.3 Å². The Balaban J connectivity index is 1.11. The summed E-state index contributed by atoms with van der Waals surface area (Å²) in [5.41, 5.74) is -1.93.